The van der Waals surface area contributed by atoms with Gasteiger partial charge in [-0.25, -0.2) is 4.79 Å². The molecule has 0 unspecified atom stereocenters. The van der Waals surface area contributed by atoms with Gasteiger partial charge in [0.15, 0.2) is 0 Å². The fraction of sp³-hybridized carbons (Fsp3) is 0. The lowest BCUT2D eigenvalue weighted by atomic mass is 10.1. The van der Waals surface area contributed by atoms with E-state index in [0.717, 1.165) is 5.69 Å². The highest BCUT2D eigenvalue weighted by molar-refractivity contribution is 6.32. The van der Waals surface area contributed by atoms with Crippen LogP contribution in [0.5, 0.6) is 0 Å². The predicted molar refractivity (Wildman–Crippen MR) is 97.7 cm³/mol. The summed E-state index contributed by atoms with van der Waals surface area (Å²) < 4.78 is 1.82. The van der Waals surface area contributed by atoms with Gasteiger partial charge in [-0.2, -0.15) is 5.26 Å². The van der Waals surface area contributed by atoms with Crippen molar-refractivity contribution in [2.45, 2.75) is 0 Å². The molecule has 122 valence electrons. The highest BCUT2D eigenvalue weighted by Gasteiger charge is 2.09. The summed E-state index contributed by atoms with van der Waals surface area (Å²) in [7, 11) is 0. The minimum absolute atomic E-state index is 0.202. The number of aromatic carboxylic acids is 1. The molecule has 0 saturated carbocycles. The maximum atomic E-state index is 11.2. The molecule has 1 N–H and O–H groups in total. The number of halogens is 1. The molecular weight excluding hydrogens is 336 g/mol. The number of carbonyl (C=O) groups is 1. The van der Waals surface area contributed by atoms with Crippen LogP contribution in [0.25, 0.3) is 17.3 Å². The summed E-state index contributed by atoms with van der Waals surface area (Å²) in [6.07, 6.45) is 3.54. The molecule has 0 spiro atoms. The third kappa shape index (κ3) is 3.47. The standard InChI is InChI=1S/C20H13ClN2O2/c21-19-9-2-1-8-18(19)15(13-22)12-17-7-4-10-23(17)16-6-3-5-14(11-16)20(24)25/h1-12H,(H,24,25). The number of nitriles is 1. The van der Waals surface area contributed by atoms with Crippen molar-refractivity contribution in [1.29, 1.82) is 5.26 Å². The SMILES string of the molecule is N#CC(=Cc1cccn1-c1cccc(C(=O)O)c1)c1ccccc1Cl. The molecule has 0 aliphatic heterocycles. The van der Waals surface area contributed by atoms with Gasteiger partial charge in [0.25, 0.3) is 0 Å². The fourth-order valence-corrected chi connectivity index (χ4v) is 2.77. The molecule has 0 saturated heterocycles. The van der Waals surface area contributed by atoms with Gasteiger partial charge in [-0.3, -0.25) is 0 Å². The van der Waals surface area contributed by atoms with Crippen molar-refractivity contribution in [1.82, 2.24) is 4.57 Å². The second-order valence-electron chi connectivity index (χ2n) is 5.31. The molecule has 25 heavy (non-hydrogen) atoms. The maximum absolute atomic E-state index is 11.2. The van der Waals surface area contributed by atoms with Gasteiger partial charge in [-0.1, -0.05) is 35.9 Å². The van der Waals surface area contributed by atoms with E-state index < -0.39 is 5.97 Å². The molecule has 2 aromatic carbocycles. The predicted octanol–water partition coefficient (Wildman–Crippen LogP) is 4.89. The first kappa shape index (κ1) is 16.6. The van der Waals surface area contributed by atoms with E-state index in [9.17, 15) is 10.1 Å². The van der Waals surface area contributed by atoms with E-state index in [1.807, 2.05) is 35.0 Å². The lowest BCUT2D eigenvalue weighted by Crippen LogP contribution is -2.00. The molecule has 1 heterocycles. The molecule has 1 aromatic heterocycles. The van der Waals surface area contributed by atoms with Crippen molar-refractivity contribution in [3.63, 3.8) is 0 Å². The monoisotopic (exact) mass is 348 g/mol. The minimum Gasteiger partial charge on any atom is -0.478 e. The number of carboxylic acids is 1. The van der Waals surface area contributed by atoms with Crippen LogP contribution in [0.3, 0.4) is 0 Å². The summed E-state index contributed by atoms with van der Waals surface area (Å²) in [4.78, 5) is 11.2. The molecule has 0 amide bonds. The Bertz CT molecular complexity index is 1010. The first-order valence-electron chi connectivity index (χ1n) is 7.48. The van der Waals surface area contributed by atoms with Gasteiger partial charge in [-0.15, -0.1) is 0 Å². The number of nitrogens with zero attached hydrogens (tertiary/aromatic N) is 2. The number of rotatable bonds is 4. The number of aromatic nitrogens is 1. The van der Waals surface area contributed by atoms with Crippen LogP contribution in [0.4, 0.5) is 0 Å². The molecular formula is C20H13ClN2O2. The first-order chi connectivity index (χ1) is 12.1. The van der Waals surface area contributed by atoms with Crippen LogP contribution in [-0.2, 0) is 0 Å². The van der Waals surface area contributed by atoms with E-state index in [-0.39, 0.29) is 5.56 Å². The Hall–Kier alpha value is -3.29. The van der Waals surface area contributed by atoms with Gasteiger partial charge in [-0.05, 0) is 42.5 Å². The summed E-state index contributed by atoms with van der Waals surface area (Å²) in [5, 5.41) is 19.2. The number of hydrogen-bond donors (Lipinski definition) is 1. The molecule has 4 nitrogen and oxygen atoms in total. The fourth-order valence-electron chi connectivity index (χ4n) is 2.53. The lowest BCUT2D eigenvalue weighted by Gasteiger charge is -2.09. The van der Waals surface area contributed by atoms with Crippen LogP contribution in [0, 0.1) is 11.3 Å². The molecule has 0 fully saturated rings. The van der Waals surface area contributed by atoms with E-state index in [0.29, 0.717) is 21.8 Å². The van der Waals surface area contributed by atoms with Crippen LogP contribution in [0.2, 0.25) is 5.02 Å². The zero-order valence-corrected chi connectivity index (χ0v) is 13.8. The Balaban J connectivity index is 2.08. The third-order valence-electron chi connectivity index (χ3n) is 3.73. The van der Waals surface area contributed by atoms with Crippen molar-refractivity contribution in [3.8, 4) is 11.8 Å². The quantitative estimate of drug-likeness (QED) is 0.682. The van der Waals surface area contributed by atoms with Crippen molar-refractivity contribution < 1.29 is 9.90 Å². The second-order valence-corrected chi connectivity index (χ2v) is 5.72. The van der Waals surface area contributed by atoms with Crippen molar-refractivity contribution in [2.24, 2.45) is 0 Å². The van der Waals surface area contributed by atoms with Gasteiger partial charge in [0.1, 0.15) is 0 Å². The molecule has 3 rings (SSSR count). The highest BCUT2D eigenvalue weighted by Crippen LogP contribution is 2.26. The Morgan fingerprint density at radius 3 is 2.64 bits per heavy atom. The Morgan fingerprint density at radius 1 is 1.12 bits per heavy atom. The summed E-state index contributed by atoms with van der Waals surface area (Å²) in [5.74, 6) is -0.986. The van der Waals surface area contributed by atoms with Gasteiger partial charge in [0, 0.05) is 28.2 Å². The third-order valence-corrected chi connectivity index (χ3v) is 4.06. The van der Waals surface area contributed by atoms with Crippen LogP contribution in [0.1, 0.15) is 21.6 Å². The van der Waals surface area contributed by atoms with Crippen molar-refractivity contribution in [3.05, 3.63) is 88.7 Å². The lowest BCUT2D eigenvalue weighted by molar-refractivity contribution is 0.0697. The molecule has 0 radical (unpaired) electrons. The zero-order valence-electron chi connectivity index (χ0n) is 13.1. The molecule has 3 aromatic rings. The van der Waals surface area contributed by atoms with Gasteiger partial charge in [0.05, 0.1) is 17.2 Å². The molecule has 0 bridgehead atoms. The van der Waals surface area contributed by atoms with E-state index in [1.54, 1.807) is 36.4 Å². The number of carboxylic acid groups (broad SMARTS) is 1. The number of benzene rings is 2. The van der Waals surface area contributed by atoms with Crippen LogP contribution in [-0.4, -0.2) is 15.6 Å². The average Bonchev–Trinajstić information content (AvgIpc) is 3.08. The summed E-state index contributed by atoms with van der Waals surface area (Å²) >= 11 is 6.19. The molecule has 0 atom stereocenters. The largest absolute Gasteiger partial charge is 0.478 e. The molecule has 0 aliphatic carbocycles. The number of hydrogen-bond acceptors (Lipinski definition) is 2. The minimum atomic E-state index is -0.986. The first-order valence-corrected chi connectivity index (χ1v) is 7.86. The normalized spacial score (nSPS) is 11.1. The van der Waals surface area contributed by atoms with Crippen molar-refractivity contribution in [2.75, 3.05) is 0 Å². The van der Waals surface area contributed by atoms with Gasteiger partial charge >= 0.3 is 5.97 Å². The Morgan fingerprint density at radius 2 is 1.92 bits per heavy atom. The summed E-state index contributed by atoms with van der Waals surface area (Å²) in [5.41, 5.74) is 2.73. The van der Waals surface area contributed by atoms with Crippen LogP contribution >= 0.6 is 11.6 Å². The number of allylic oxidation sites excluding steroid dienone is 1. The maximum Gasteiger partial charge on any atom is 0.335 e. The van der Waals surface area contributed by atoms with E-state index >= 15 is 0 Å². The smallest absolute Gasteiger partial charge is 0.335 e. The average molecular weight is 349 g/mol. The van der Waals surface area contributed by atoms with E-state index in [2.05, 4.69) is 6.07 Å². The summed E-state index contributed by atoms with van der Waals surface area (Å²) in [6.45, 7) is 0. The highest BCUT2D eigenvalue weighted by atomic mass is 35.5. The topological polar surface area (TPSA) is 66.0 Å². The molecule has 5 heteroatoms. The molecule has 0 aliphatic rings. The Kier molecular flexibility index (Phi) is 4.69. The van der Waals surface area contributed by atoms with E-state index in [1.165, 1.54) is 6.07 Å². The zero-order chi connectivity index (χ0) is 17.8. The van der Waals surface area contributed by atoms with Crippen molar-refractivity contribution >= 4 is 29.2 Å². The van der Waals surface area contributed by atoms with Gasteiger partial charge < -0.3 is 9.67 Å². The van der Waals surface area contributed by atoms with E-state index in [4.69, 9.17) is 16.7 Å². The van der Waals surface area contributed by atoms with Gasteiger partial charge in [0.2, 0.25) is 0 Å². The van der Waals surface area contributed by atoms with Crippen LogP contribution in [0.15, 0.2) is 66.9 Å². The Labute approximate surface area is 149 Å². The summed E-state index contributed by atoms with van der Waals surface area (Å²) in [6, 6.07) is 19.6. The second kappa shape index (κ2) is 7.08. The van der Waals surface area contributed by atoms with Crippen LogP contribution < -0.4 is 0 Å².